The zero-order valence-corrected chi connectivity index (χ0v) is 11.3. The Balaban J connectivity index is 0. The van der Waals surface area contributed by atoms with Crippen LogP contribution in [0.15, 0.2) is 24.3 Å². The molecule has 0 aliphatic heterocycles. The van der Waals surface area contributed by atoms with E-state index in [9.17, 15) is 0 Å². The number of rotatable bonds is 0. The normalized spacial score (nSPS) is 12.3. The van der Waals surface area contributed by atoms with Crippen LogP contribution in [0.5, 0.6) is 0 Å². The summed E-state index contributed by atoms with van der Waals surface area (Å²) in [6, 6.07) is 0. The van der Waals surface area contributed by atoms with E-state index in [4.69, 9.17) is 6.80 Å². The molecule has 2 nitrogen and oxygen atoms in total. The molecule has 1 aliphatic carbocycles. The van der Waals surface area contributed by atoms with Gasteiger partial charge in [-0.2, -0.15) is 0 Å². The average molecular weight is 280 g/mol. The summed E-state index contributed by atoms with van der Waals surface area (Å²) in [5.74, 6) is 0. The fraction of sp³-hybridized carbons (Fsp3) is 0.333. The molecular weight excluding hydrogens is 264 g/mol. The van der Waals surface area contributed by atoms with E-state index in [-0.39, 0.29) is 0 Å². The fourth-order valence-electron chi connectivity index (χ4n) is 0.321. The van der Waals surface area contributed by atoms with Gasteiger partial charge < -0.3 is 6.55 Å². The van der Waals surface area contributed by atoms with Crippen LogP contribution in [0.2, 0.25) is 19.6 Å². The van der Waals surface area contributed by atoms with Crippen molar-refractivity contribution in [3.63, 3.8) is 0 Å². The SMILES string of the molecule is [CH2-][Si](C)(C)C.[CH]1C=CC=C1.[O]=[Mo]=[O]. The van der Waals surface area contributed by atoms with E-state index in [0.717, 1.165) is 0 Å². The predicted molar refractivity (Wildman–Crippen MR) is 52.7 cm³/mol. The molecule has 0 amide bonds. The van der Waals surface area contributed by atoms with Crippen LogP contribution in [0, 0.1) is 13.0 Å². The number of hydrogen-bond donors (Lipinski definition) is 0. The Morgan fingerprint density at radius 3 is 1.31 bits per heavy atom. The number of allylic oxidation sites excluding steroid dienone is 4. The van der Waals surface area contributed by atoms with Crippen LogP contribution in [0.3, 0.4) is 0 Å². The third-order valence-corrected chi connectivity index (χ3v) is 0.556. The molecule has 13 heavy (non-hydrogen) atoms. The van der Waals surface area contributed by atoms with E-state index in [1.54, 1.807) is 0 Å². The van der Waals surface area contributed by atoms with E-state index in [1.807, 2.05) is 30.7 Å². The monoisotopic (exact) mass is 282 g/mol. The van der Waals surface area contributed by atoms with E-state index in [0.29, 0.717) is 0 Å². The van der Waals surface area contributed by atoms with Crippen molar-refractivity contribution in [2.75, 3.05) is 0 Å². The third kappa shape index (κ3) is 48.1. The van der Waals surface area contributed by atoms with Crippen molar-refractivity contribution < 1.29 is 25.3 Å². The van der Waals surface area contributed by atoms with Gasteiger partial charge in [-0.25, -0.2) is 0 Å². The molecule has 0 unspecified atom stereocenters. The molecule has 1 aliphatic rings. The molecule has 4 heteroatoms. The van der Waals surface area contributed by atoms with Crippen LogP contribution >= 0.6 is 0 Å². The first-order valence-corrected chi connectivity index (χ1v) is 9.20. The maximum atomic E-state index is 8.50. The van der Waals surface area contributed by atoms with Gasteiger partial charge in [0.05, 0.1) is 0 Å². The summed E-state index contributed by atoms with van der Waals surface area (Å²) in [6.45, 7) is 10.6. The first-order chi connectivity index (χ1) is 5.91. The summed E-state index contributed by atoms with van der Waals surface area (Å²) in [4.78, 5) is 0. The van der Waals surface area contributed by atoms with Crippen molar-refractivity contribution in [3.8, 4) is 0 Å². The van der Waals surface area contributed by atoms with Crippen LogP contribution in [-0.2, 0) is 25.3 Å². The van der Waals surface area contributed by atoms with Gasteiger partial charge in [-0.15, -0.1) is 8.07 Å². The van der Waals surface area contributed by atoms with Gasteiger partial charge in [0.15, 0.2) is 0 Å². The second kappa shape index (κ2) is 10.1. The summed E-state index contributed by atoms with van der Waals surface area (Å²) < 4.78 is 17.0. The zero-order chi connectivity index (χ0) is 10.7. The fourth-order valence-corrected chi connectivity index (χ4v) is 0.321. The van der Waals surface area contributed by atoms with Gasteiger partial charge in [0.2, 0.25) is 0 Å². The second-order valence-electron chi connectivity index (χ2n) is 3.59. The molecule has 0 aromatic carbocycles. The van der Waals surface area contributed by atoms with Gasteiger partial charge in [0.1, 0.15) is 0 Å². The first kappa shape index (κ1) is 15.5. The van der Waals surface area contributed by atoms with Crippen molar-refractivity contribution >= 4 is 8.07 Å². The van der Waals surface area contributed by atoms with E-state index < -0.39 is 26.6 Å². The Kier molecular flexibility index (Phi) is 12.0. The van der Waals surface area contributed by atoms with E-state index in [2.05, 4.69) is 26.2 Å². The molecule has 0 atom stereocenters. The van der Waals surface area contributed by atoms with Gasteiger partial charge in [-0.1, -0.05) is 43.9 Å². The number of hydrogen-bond acceptors (Lipinski definition) is 2. The summed E-state index contributed by atoms with van der Waals surface area (Å²) in [7, 11) is -0.861. The Labute approximate surface area is 90.3 Å². The molecule has 0 fully saturated rings. The predicted octanol–water partition coefficient (Wildman–Crippen LogP) is 2.77. The van der Waals surface area contributed by atoms with Gasteiger partial charge >= 0.3 is 25.3 Å². The van der Waals surface area contributed by atoms with Crippen molar-refractivity contribution in [1.82, 2.24) is 0 Å². The van der Waals surface area contributed by atoms with Crippen molar-refractivity contribution in [3.05, 3.63) is 37.3 Å². The van der Waals surface area contributed by atoms with Crippen molar-refractivity contribution in [2.45, 2.75) is 19.6 Å². The van der Waals surface area contributed by atoms with Gasteiger partial charge in [-0.05, 0) is 0 Å². The van der Waals surface area contributed by atoms with Crippen LogP contribution in [0.25, 0.3) is 0 Å². The molecular formula is C9H16MoO2Si-. The third-order valence-electron chi connectivity index (χ3n) is 0.556. The molecule has 0 saturated carbocycles. The molecule has 0 saturated heterocycles. The molecule has 0 N–H and O–H groups in total. The standard InChI is InChI=1S/C5H5.C4H11Si.Mo.2O/c1-2-4-5-3-1;1-5(2,3)4;;;/h1-5H;1H2,2-4H3;;;/q;-1;;;. The van der Waals surface area contributed by atoms with Crippen LogP contribution in [-0.4, -0.2) is 8.07 Å². The van der Waals surface area contributed by atoms with Crippen LogP contribution < -0.4 is 0 Å². The minimum absolute atomic E-state index is 0.861. The van der Waals surface area contributed by atoms with Crippen molar-refractivity contribution in [2.24, 2.45) is 0 Å². The summed E-state index contributed by atoms with van der Waals surface area (Å²) in [5, 5.41) is 0. The molecule has 1 radical (unpaired) electrons. The molecule has 75 valence electrons. The molecule has 0 aromatic heterocycles. The minimum atomic E-state index is -2.03. The van der Waals surface area contributed by atoms with Gasteiger partial charge in [0.25, 0.3) is 0 Å². The van der Waals surface area contributed by atoms with Gasteiger partial charge in [-0.3, -0.25) is 0 Å². The Morgan fingerprint density at radius 1 is 1.00 bits per heavy atom. The van der Waals surface area contributed by atoms with Gasteiger partial charge in [0, 0.05) is 6.42 Å². The Hall–Kier alpha value is -0.0148. The maximum absolute atomic E-state index is 8.50. The zero-order valence-electron chi connectivity index (χ0n) is 8.32. The second-order valence-corrected chi connectivity index (χ2v) is 9.05. The van der Waals surface area contributed by atoms with Crippen LogP contribution in [0.4, 0.5) is 0 Å². The molecule has 1 rings (SSSR count). The van der Waals surface area contributed by atoms with Crippen LogP contribution in [0.1, 0.15) is 0 Å². The summed E-state index contributed by atoms with van der Waals surface area (Å²) in [6.07, 6.45) is 10.0. The van der Waals surface area contributed by atoms with E-state index >= 15 is 0 Å². The molecule has 0 spiro atoms. The Bertz CT molecular complexity index is 182. The molecule has 0 aromatic rings. The Morgan fingerprint density at radius 2 is 1.23 bits per heavy atom. The average Bonchev–Trinajstić information content (AvgIpc) is 2.36. The van der Waals surface area contributed by atoms with Crippen molar-refractivity contribution in [1.29, 1.82) is 0 Å². The first-order valence-electron chi connectivity index (χ1n) is 3.85. The van der Waals surface area contributed by atoms with E-state index in [1.165, 1.54) is 0 Å². The summed E-state index contributed by atoms with van der Waals surface area (Å²) in [5.41, 5.74) is 0. The summed E-state index contributed by atoms with van der Waals surface area (Å²) >= 11 is -2.03. The molecule has 0 bridgehead atoms. The molecule has 0 heterocycles. The topological polar surface area (TPSA) is 34.1 Å². The quantitative estimate of drug-likeness (QED) is 0.505.